The molecule has 1 fully saturated rings. The number of ether oxygens (including phenoxy) is 1. The maximum Gasteiger partial charge on any atom is 0.216 e. The van der Waals surface area contributed by atoms with Gasteiger partial charge in [-0.15, -0.1) is 24.0 Å². The van der Waals surface area contributed by atoms with Crippen LogP contribution in [0, 0.1) is 5.92 Å². The second-order valence-electron chi connectivity index (χ2n) is 6.51. The minimum absolute atomic E-state index is 0. The number of furan rings is 1. The molecule has 2 N–H and O–H groups in total. The summed E-state index contributed by atoms with van der Waals surface area (Å²) in [6.07, 6.45) is 4.95. The Balaban J connectivity index is 0.00000261. The molecule has 0 unspecified atom stereocenters. The highest BCUT2D eigenvalue weighted by atomic mass is 127. The van der Waals surface area contributed by atoms with Gasteiger partial charge in [0.2, 0.25) is 5.82 Å². The summed E-state index contributed by atoms with van der Waals surface area (Å²) >= 11 is 0. The van der Waals surface area contributed by atoms with Gasteiger partial charge in [-0.05, 0) is 37.8 Å². The summed E-state index contributed by atoms with van der Waals surface area (Å²) in [5, 5.41) is 10.4. The molecule has 0 atom stereocenters. The van der Waals surface area contributed by atoms with E-state index in [1.807, 2.05) is 19.2 Å². The quantitative estimate of drug-likeness (QED) is 0.231. The highest BCUT2D eigenvalue weighted by molar-refractivity contribution is 14.0. The van der Waals surface area contributed by atoms with Crippen LogP contribution in [0.3, 0.4) is 0 Å². The first kappa shape index (κ1) is 21.7. The molecule has 1 aliphatic rings. The van der Waals surface area contributed by atoms with Crippen molar-refractivity contribution in [1.82, 2.24) is 25.4 Å². The number of hydrogen-bond acceptors (Lipinski definition) is 5. The van der Waals surface area contributed by atoms with E-state index < -0.39 is 0 Å². The Bertz CT molecular complexity index is 684. The number of aromatic amines is 1. The Labute approximate surface area is 177 Å². The van der Waals surface area contributed by atoms with Crippen LogP contribution in [-0.4, -0.2) is 65.9 Å². The standard InChI is InChI=1S/C18H28N6O2.HI/c1-3-19-18(24(2)10-12-25-13-14-6-7-14)20-9-8-16-21-17(23-22-16)15-5-4-11-26-15;/h4-5,11,14H,3,6-10,12-13H2,1-2H3,(H,19,20)(H,21,22,23);1H. The maximum atomic E-state index is 5.71. The van der Waals surface area contributed by atoms with Gasteiger partial charge >= 0.3 is 0 Å². The van der Waals surface area contributed by atoms with Gasteiger partial charge in [-0.2, -0.15) is 5.10 Å². The molecule has 1 aliphatic carbocycles. The van der Waals surface area contributed by atoms with E-state index in [1.54, 1.807) is 6.26 Å². The number of halogens is 1. The highest BCUT2D eigenvalue weighted by Gasteiger charge is 2.21. The number of likely N-dealkylation sites (N-methyl/N-ethyl adjacent to an activating group) is 1. The molecule has 150 valence electrons. The summed E-state index contributed by atoms with van der Waals surface area (Å²) in [4.78, 5) is 11.2. The first-order valence-corrected chi connectivity index (χ1v) is 9.28. The fraction of sp³-hybridized carbons (Fsp3) is 0.611. The van der Waals surface area contributed by atoms with Crippen LogP contribution in [0.15, 0.2) is 27.8 Å². The molecule has 0 bridgehead atoms. The zero-order chi connectivity index (χ0) is 18.2. The predicted molar refractivity (Wildman–Crippen MR) is 115 cm³/mol. The lowest BCUT2D eigenvalue weighted by molar-refractivity contribution is 0.115. The van der Waals surface area contributed by atoms with Crippen LogP contribution in [0.1, 0.15) is 25.6 Å². The summed E-state index contributed by atoms with van der Waals surface area (Å²) in [5.74, 6) is 3.72. The van der Waals surface area contributed by atoms with Crippen molar-refractivity contribution in [2.75, 3.05) is 39.9 Å². The minimum atomic E-state index is 0. The van der Waals surface area contributed by atoms with Crippen LogP contribution in [-0.2, 0) is 11.2 Å². The molecular formula is C18H29IN6O2. The lowest BCUT2D eigenvalue weighted by atomic mass is 10.4. The van der Waals surface area contributed by atoms with Crippen molar-refractivity contribution in [3.05, 3.63) is 24.2 Å². The van der Waals surface area contributed by atoms with Gasteiger partial charge < -0.3 is 19.4 Å². The molecule has 0 aliphatic heterocycles. The smallest absolute Gasteiger partial charge is 0.216 e. The van der Waals surface area contributed by atoms with E-state index in [0.29, 0.717) is 24.6 Å². The Kier molecular flexibility index (Phi) is 9.05. The number of aliphatic imine (C=N–C) groups is 1. The van der Waals surface area contributed by atoms with Crippen LogP contribution in [0.2, 0.25) is 0 Å². The van der Waals surface area contributed by atoms with E-state index in [2.05, 4.69) is 37.3 Å². The largest absolute Gasteiger partial charge is 0.461 e. The molecule has 0 amide bonds. The number of guanidine groups is 1. The molecule has 8 nitrogen and oxygen atoms in total. The van der Waals surface area contributed by atoms with E-state index in [0.717, 1.165) is 44.0 Å². The van der Waals surface area contributed by atoms with Gasteiger partial charge in [-0.1, -0.05) is 0 Å². The van der Waals surface area contributed by atoms with Crippen LogP contribution < -0.4 is 5.32 Å². The normalized spacial score (nSPS) is 14.1. The summed E-state index contributed by atoms with van der Waals surface area (Å²) in [6.45, 7) is 5.97. The third-order valence-corrected chi connectivity index (χ3v) is 4.20. The molecule has 0 saturated heterocycles. The molecule has 1 saturated carbocycles. The number of H-pyrrole nitrogens is 1. The monoisotopic (exact) mass is 488 g/mol. The van der Waals surface area contributed by atoms with Gasteiger partial charge in [0, 0.05) is 39.7 Å². The number of rotatable bonds is 10. The second-order valence-corrected chi connectivity index (χ2v) is 6.51. The van der Waals surface area contributed by atoms with Crippen molar-refractivity contribution >= 4 is 29.9 Å². The maximum absolute atomic E-state index is 5.71. The average molecular weight is 488 g/mol. The van der Waals surface area contributed by atoms with Gasteiger partial charge in [0.15, 0.2) is 11.7 Å². The zero-order valence-electron chi connectivity index (χ0n) is 16.0. The third kappa shape index (κ3) is 7.13. The van der Waals surface area contributed by atoms with E-state index in [1.165, 1.54) is 12.8 Å². The van der Waals surface area contributed by atoms with Gasteiger partial charge in [-0.25, -0.2) is 4.98 Å². The highest BCUT2D eigenvalue weighted by Crippen LogP contribution is 2.28. The van der Waals surface area contributed by atoms with E-state index >= 15 is 0 Å². The molecule has 0 spiro atoms. The lowest BCUT2D eigenvalue weighted by Crippen LogP contribution is -2.40. The number of nitrogens with zero attached hydrogens (tertiary/aromatic N) is 4. The molecule has 9 heteroatoms. The van der Waals surface area contributed by atoms with Crippen molar-refractivity contribution in [3.8, 4) is 11.6 Å². The molecule has 2 aromatic rings. The van der Waals surface area contributed by atoms with Gasteiger partial charge in [0.25, 0.3) is 0 Å². The molecule has 3 rings (SSSR count). The Hall–Kier alpha value is -1.62. The van der Waals surface area contributed by atoms with Crippen molar-refractivity contribution in [1.29, 1.82) is 0 Å². The number of aromatic nitrogens is 3. The summed E-state index contributed by atoms with van der Waals surface area (Å²) in [7, 11) is 2.03. The fourth-order valence-electron chi connectivity index (χ4n) is 2.50. The first-order chi connectivity index (χ1) is 12.8. The number of hydrogen-bond donors (Lipinski definition) is 2. The zero-order valence-corrected chi connectivity index (χ0v) is 18.3. The molecular weight excluding hydrogens is 459 g/mol. The van der Waals surface area contributed by atoms with E-state index in [-0.39, 0.29) is 24.0 Å². The van der Waals surface area contributed by atoms with E-state index in [4.69, 9.17) is 9.15 Å². The van der Waals surface area contributed by atoms with Gasteiger partial charge in [-0.3, -0.25) is 10.1 Å². The van der Waals surface area contributed by atoms with Crippen LogP contribution in [0.4, 0.5) is 0 Å². The number of nitrogens with one attached hydrogen (secondary N) is 2. The van der Waals surface area contributed by atoms with Crippen LogP contribution in [0.5, 0.6) is 0 Å². The van der Waals surface area contributed by atoms with Crippen LogP contribution in [0.25, 0.3) is 11.6 Å². The molecule has 0 aromatic carbocycles. The predicted octanol–water partition coefficient (Wildman–Crippen LogP) is 2.55. The van der Waals surface area contributed by atoms with Crippen LogP contribution >= 0.6 is 24.0 Å². The Morgan fingerprint density at radius 1 is 1.48 bits per heavy atom. The summed E-state index contributed by atoms with van der Waals surface area (Å²) in [5.41, 5.74) is 0. The molecule has 2 heterocycles. The van der Waals surface area contributed by atoms with Crippen molar-refractivity contribution < 1.29 is 9.15 Å². The topological polar surface area (TPSA) is 91.6 Å². The van der Waals surface area contributed by atoms with Crippen molar-refractivity contribution in [2.45, 2.75) is 26.2 Å². The molecule has 27 heavy (non-hydrogen) atoms. The Morgan fingerprint density at radius 3 is 3.04 bits per heavy atom. The average Bonchev–Trinajstić information content (AvgIpc) is 3.11. The Morgan fingerprint density at radius 2 is 2.33 bits per heavy atom. The van der Waals surface area contributed by atoms with Crippen molar-refractivity contribution in [3.63, 3.8) is 0 Å². The second kappa shape index (κ2) is 11.3. The summed E-state index contributed by atoms with van der Waals surface area (Å²) in [6, 6.07) is 3.66. The SMILES string of the molecule is CCNC(=NCCc1nc(-c2ccco2)n[nH]1)N(C)CCOCC1CC1.I. The van der Waals surface area contributed by atoms with Crippen molar-refractivity contribution in [2.24, 2.45) is 10.9 Å². The first-order valence-electron chi connectivity index (χ1n) is 9.28. The third-order valence-electron chi connectivity index (χ3n) is 4.20. The van der Waals surface area contributed by atoms with E-state index in [9.17, 15) is 0 Å². The van der Waals surface area contributed by atoms with Gasteiger partial charge in [0.05, 0.1) is 12.9 Å². The minimum Gasteiger partial charge on any atom is -0.461 e. The fourth-order valence-corrected chi connectivity index (χ4v) is 2.50. The molecule has 2 aromatic heterocycles. The van der Waals surface area contributed by atoms with Gasteiger partial charge in [0.1, 0.15) is 5.82 Å². The lowest BCUT2D eigenvalue weighted by Gasteiger charge is -2.22. The summed E-state index contributed by atoms with van der Waals surface area (Å²) < 4.78 is 11.0. The molecule has 0 radical (unpaired) electrons.